The van der Waals surface area contributed by atoms with E-state index < -0.39 is 0 Å². The molecule has 0 atom stereocenters. The molecule has 0 saturated heterocycles. The van der Waals surface area contributed by atoms with Gasteiger partial charge < -0.3 is 5.73 Å². The van der Waals surface area contributed by atoms with Crippen LogP contribution in [0.5, 0.6) is 0 Å². The van der Waals surface area contributed by atoms with Gasteiger partial charge in [-0.1, -0.05) is 32.1 Å². The van der Waals surface area contributed by atoms with E-state index in [4.69, 9.17) is 5.73 Å². The summed E-state index contributed by atoms with van der Waals surface area (Å²) in [5.41, 5.74) is 10.8. The molecule has 0 unspecified atom stereocenters. The van der Waals surface area contributed by atoms with E-state index in [0.29, 0.717) is 0 Å². The maximum absolute atomic E-state index is 5.98. The van der Waals surface area contributed by atoms with Gasteiger partial charge in [-0.05, 0) is 30.4 Å². The van der Waals surface area contributed by atoms with Crippen LogP contribution in [0.15, 0.2) is 35.1 Å². The number of rotatable bonds is 2. The van der Waals surface area contributed by atoms with Gasteiger partial charge in [0.15, 0.2) is 0 Å². The minimum Gasteiger partial charge on any atom is -0.399 e. The van der Waals surface area contributed by atoms with Crippen LogP contribution in [0.3, 0.4) is 0 Å². The van der Waals surface area contributed by atoms with E-state index in [1.807, 2.05) is 0 Å². The minimum atomic E-state index is 0.964. The molecule has 1 rings (SSSR count). The van der Waals surface area contributed by atoms with Crippen molar-refractivity contribution < 1.29 is 0 Å². The smallest absolute Gasteiger partial charge is 0.0341 e. The summed E-state index contributed by atoms with van der Waals surface area (Å²) in [6.07, 6.45) is 5.14. The van der Waals surface area contributed by atoms with Crippen molar-refractivity contribution in [3.8, 4) is 0 Å². The molecular formula is C11H17N. The largest absolute Gasteiger partial charge is 0.399 e. The normalized spacial score (nSPS) is 18.2. The Morgan fingerprint density at radius 2 is 2.08 bits per heavy atom. The Kier molecular flexibility index (Phi) is 2.74. The molecule has 1 heteroatoms. The lowest BCUT2D eigenvalue weighted by Gasteiger charge is -2.18. The maximum atomic E-state index is 5.98. The quantitative estimate of drug-likeness (QED) is 0.665. The van der Waals surface area contributed by atoms with Crippen LogP contribution in [0.4, 0.5) is 0 Å². The van der Waals surface area contributed by atoms with Gasteiger partial charge in [-0.3, -0.25) is 0 Å². The van der Waals surface area contributed by atoms with Gasteiger partial charge in [-0.25, -0.2) is 0 Å². The Morgan fingerprint density at radius 3 is 2.58 bits per heavy atom. The summed E-state index contributed by atoms with van der Waals surface area (Å²) in [6, 6.07) is 0. The molecule has 0 aromatic rings. The minimum absolute atomic E-state index is 0.964. The van der Waals surface area contributed by atoms with Crippen molar-refractivity contribution in [2.45, 2.75) is 33.1 Å². The van der Waals surface area contributed by atoms with Gasteiger partial charge in [-0.2, -0.15) is 0 Å². The maximum Gasteiger partial charge on any atom is 0.0341 e. The topological polar surface area (TPSA) is 26.0 Å². The molecule has 0 aromatic heterocycles. The average molecular weight is 163 g/mol. The van der Waals surface area contributed by atoms with Crippen LogP contribution >= 0.6 is 0 Å². The highest BCUT2D eigenvalue weighted by atomic mass is 14.6. The number of nitrogens with two attached hydrogens (primary N) is 1. The second-order valence-electron chi connectivity index (χ2n) is 3.23. The van der Waals surface area contributed by atoms with Crippen molar-refractivity contribution in [1.29, 1.82) is 0 Å². The van der Waals surface area contributed by atoms with Crippen LogP contribution in [-0.4, -0.2) is 0 Å². The highest BCUT2D eigenvalue weighted by Crippen LogP contribution is 2.27. The van der Waals surface area contributed by atoms with Crippen LogP contribution in [0.1, 0.15) is 33.1 Å². The molecule has 2 N–H and O–H groups in total. The van der Waals surface area contributed by atoms with E-state index in [2.05, 4.69) is 26.5 Å². The van der Waals surface area contributed by atoms with E-state index >= 15 is 0 Å². The van der Waals surface area contributed by atoms with Crippen molar-refractivity contribution in [2.24, 2.45) is 5.73 Å². The molecule has 0 radical (unpaired) electrons. The van der Waals surface area contributed by atoms with Crippen molar-refractivity contribution in [2.75, 3.05) is 0 Å². The van der Waals surface area contributed by atoms with Crippen molar-refractivity contribution in [1.82, 2.24) is 0 Å². The first-order valence-electron chi connectivity index (χ1n) is 4.55. The molecule has 0 amide bonds. The third-order valence-electron chi connectivity index (χ3n) is 2.35. The molecule has 0 aromatic carbocycles. The number of hydrogen-bond donors (Lipinski definition) is 1. The Morgan fingerprint density at radius 1 is 1.42 bits per heavy atom. The van der Waals surface area contributed by atoms with E-state index in [9.17, 15) is 0 Å². The first kappa shape index (κ1) is 9.11. The molecule has 1 aliphatic rings. The molecule has 0 spiro atoms. The van der Waals surface area contributed by atoms with E-state index in [1.165, 1.54) is 16.7 Å². The highest BCUT2D eigenvalue weighted by Gasteiger charge is 2.11. The standard InChI is InChI=1S/C11H17N/c1-4-9-6-8(3)7-10(5-2)11(9)12/h6H,3-5,7,12H2,1-2H3. The molecule has 12 heavy (non-hydrogen) atoms. The van der Waals surface area contributed by atoms with Crippen LogP contribution < -0.4 is 5.73 Å². The second-order valence-corrected chi connectivity index (χ2v) is 3.23. The summed E-state index contributed by atoms with van der Waals surface area (Å²) in [4.78, 5) is 0. The van der Waals surface area contributed by atoms with Gasteiger partial charge in [-0.15, -0.1) is 0 Å². The summed E-state index contributed by atoms with van der Waals surface area (Å²) < 4.78 is 0. The second kappa shape index (κ2) is 3.61. The lowest BCUT2D eigenvalue weighted by Crippen LogP contribution is -2.09. The molecule has 0 fully saturated rings. The van der Waals surface area contributed by atoms with E-state index in [1.54, 1.807) is 0 Å². The average Bonchev–Trinajstić information content (AvgIpc) is 2.08. The first-order chi connectivity index (χ1) is 5.69. The SMILES string of the molecule is C=C1C=C(CC)C(N)=C(CC)C1. The Hall–Kier alpha value is -0.980. The van der Waals surface area contributed by atoms with Crippen molar-refractivity contribution in [3.05, 3.63) is 35.1 Å². The molecule has 66 valence electrons. The van der Waals surface area contributed by atoms with Gasteiger partial charge in [0.25, 0.3) is 0 Å². The molecule has 0 aliphatic heterocycles. The van der Waals surface area contributed by atoms with Crippen LogP contribution in [0, 0.1) is 0 Å². The van der Waals surface area contributed by atoms with Gasteiger partial charge >= 0.3 is 0 Å². The molecule has 0 saturated carbocycles. The lowest BCUT2D eigenvalue weighted by molar-refractivity contribution is 0.923. The Bertz CT molecular complexity index is 249. The van der Waals surface area contributed by atoms with Crippen LogP contribution in [0.2, 0.25) is 0 Å². The van der Waals surface area contributed by atoms with Crippen molar-refractivity contribution in [3.63, 3.8) is 0 Å². The summed E-state index contributed by atoms with van der Waals surface area (Å²) in [6.45, 7) is 8.26. The van der Waals surface area contributed by atoms with E-state index in [0.717, 1.165) is 25.0 Å². The number of allylic oxidation sites excluding steroid dienone is 4. The monoisotopic (exact) mass is 163 g/mol. The van der Waals surface area contributed by atoms with Gasteiger partial charge in [0.2, 0.25) is 0 Å². The predicted molar refractivity (Wildman–Crippen MR) is 53.6 cm³/mol. The zero-order chi connectivity index (χ0) is 9.14. The highest BCUT2D eigenvalue weighted by molar-refractivity contribution is 5.44. The van der Waals surface area contributed by atoms with Gasteiger partial charge in [0.05, 0.1) is 0 Å². The first-order valence-corrected chi connectivity index (χ1v) is 4.55. The number of hydrogen-bond acceptors (Lipinski definition) is 1. The summed E-state index contributed by atoms with van der Waals surface area (Å²) in [5.74, 6) is 0. The van der Waals surface area contributed by atoms with E-state index in [-0.39, 0.29) is 0 Å². The third kappa shape index (κ3) is 1.60. The fraction of sp³-hybridized carbons (Fsp3) is 0.455. The zero-order valence-corrected chi connectivity index (χ0v) is 7.98. The molecule has 0 heterocycles. The molecule has 1 nitrogen and oxygen atoms in total. The fourth-order valence-electron chi connectivity index (χ4n) is 1.58. The summed E-state index contributed by atoms with van der Waals surface area (Å²) >= 11 is 0. The van der Waals surface area contributed by atoms with Crippen molar-refractivity contribution >= 4 is 0 Å². The Balaban J connectivity index is 2.99. The summed E-state index contributed by atoms with van der Waals surface area (Å²) in [5, 5.41) is 0. The fourth-order valence-corrected chi connectivity index (χ4v) is 1.58. The molecular weight excluding hydrogens is 146 g/mol. The molecule has 0 bridgehead atoms. The van der Waals surface area contributed by atoms with Crippen LogP contribution in [0.25, 0.3) is 0 Å². The lowest BCUT2D eigenvalue weighted by atomic mass is 9.90. The summed E-state index contributed by atoms with van der Waals surface area (Å²) in [7, 11) is 0. The predicted octanol–water partition coefficient (Wildman–Crippen LogP) is 2.91. The van der Waals surface area contributed by atoms with Gasteiger partial charge in [0.1, 0.15) is 0 Å². The van der Waals surface area contributed by atoms with Crippen LogP contribution in [-0.2, 0) is 0 Å². The third-order valence-corrected chi connectivity index (χ3v) is 2.35. The molecule has 1 aliphatic carbocycles. The zero-order valence-electron chi connectivity index (χ0n) is 7.98. The van der Waals surface area contributed by atoms with Gasteiger partial charge in [0, 0.05) is 5.70 Å². The Labute approximate surface area is 74.7 Å².